The molecule has 3 saturated heterocycles. The molecule has 11 nitrogen and oxygen atoms in total. The van der Waals surface area contributed by atoms with E-state index in [0.717, 1.165) is 43.6 Å². The minimum Gasteiger partial charge on any atom is -0.444 e. The first-order valence-electron chi connectivity index (χ1n) is 13.4. The molecule has 3 fully saturated rings. The van der Waals surface area contributed by atoms with Gasteiger partial charge in [-0.05, 0) is 58.9 Å². The first-order valence-corrected chi connectivity index (χ1v) is 13.4. The van der Waals surface area contributed by atoms with Gasteiger partial charge in [0.2, 0.25) is 0 Å². The Morgan fingerprint density at radius 3 is 2.68 bits per heavy atom. The summed E-state index contributed by atoms with van der Waals surface area (Å²) in [7, 11) is 0. The fourth-order valence-electron chi connectivity index (χ4n) is 5.27. The van der Waals surface area contributed by atoms with Crippen molar-refractivity contribution < 1.29 is 23.7 Å². The van der Waals surface area contributed by atoms with E-state index in [9.17, 15) is 9.59 Å². The number of morpholine rings is 1. The molecule has 2 atom stereocenters. The third kappa shape index (κ3) is 6.27. The predicted octanol–water partition coefficient (Wildman–Crippen LogP) is 3.05. The van der Waals surface area contributed by atoms with Crippen LogP contribution in [0.2, 0.25) is 0 Å². The molecule has 0 saturated carbocycles. The molecule has 3 aliphatic heterocycles. The molecular formula is C26H39N5O6. The van der Waals surface area contributed by atoms with Gasteiger partial charge in [-0.3, -0.25) is 9.55 Å². The molecule has 11 heteroatoms. The molecule has 0 aromatic carbocycles. The number of amides is 1. The van der Waals surface area contributed by atoms with E-state index in [1.54, 1.807) is 15.7 Å². The Morgan fingerprint density at radius 2 is 1.95 bits per heavy atom. The largest absolute Gasteiger partial charge is 0.444 e. The van der Waals surface area contributed by atoms with Crippen molar-refractivity contribution in [2.75, 3.05) is 50.9 Å². The highest BCUT2D eigenvalue weighted by Gasteiger charge is 2.30. The van der Waals surface area contributed by atoms with E-state index in [2.05, 4.69) is 14.9 Å². The van der Waals surface area contributed by atoms with E-state index < -0.39 is 5.60 Å². The molecule has 5 heterocycles. The number of piperidine rings is 1. The van der Waals surface area contributed by atoms with Gasteiger partial charge in [0.15, 0.2) is 11.9 Å². The SMILES string of the molecule is CC(C)(C)OC(=O)N1CCC(n2c(=O)[nH]c3ncc(N4CCO[C@H](COC5CCCCO5)C4)cc32)CC1. The van der Waals surface area contributed by atoms with Crippen molar-refractivity contribution in [1.29, 1.82) is 0 Å². The highest BCUT2D eigenvalue weighted by atomic mass is 16.7. The van der Waals surface area contributed by atoms with Gasteiger partial charge >= 0.3 is 11.8 Å². The zero-order valence-corrected chi connectivity index (χ0v) is 22.1. The maximum atomic E-state index is 12.9. The summed E-state index contributed by atoms with van der Waals surface area (Å²) in [6.45, 7) is 9.95. The average Bonchev–Trinajstić information content (AvgIpc) is 3.22. The molecule has 5 rings (SSSR count). The van der Waals surface area contributed by atoms with Crippen LogP contribution in [0.3, 0.4) is 0 Å². The van der Waals surface area contributed by atoms with E-state index in [1.165, 1.54) is 0 Å². The zero-order valence-electron chi connectivity index (χ0n) is 22.1. The Balaban J connectivity index is 1.25. The van der Waals surface area contributed by atoms with Crippen LogP contribution < -0.4 is 10.6 Å². The van der Waals surface area contributed by atoms with E-state index in [-0.39, 0.29) is 30.2 Å². The number of aromatic amines is 1. The van der Waals surface area contributed by atoms with Gasteiger partial charge in [0.25, 0.3) is 0 Å². The van der Waals surface area contributed by atoms with E-state index in [1.807, 2.05) is 26.8 Å². The molecule has 0 bridgehead atoms. The van der Waals surface area contributed by atoms with Crippen LogP contribution in [0.25, 0.3) is 11.2 Å². The summed E-state index contributed by atoms with van der Waals surface area (Å²) in [5, 5.41) is 0. The number of nitrogens with one attached hydrogen (secondary N) is 1. The summed E-state index contributed by atoms with van der Waals surface area (Å²) in [5.41, 5.74) is 1.61. The Kier molecular flexibility index (Phi) is 7.73. The van der Waals surface area contributed by atoms with Gasteiger partial charge in [-0.2, -0.15) is 0 Å². The van der Waals surface area contributed by atoms with Gasteiger partial charge in [-0.15, -0.1) is 0 Å². The van der Waals surface area contributed by atoms with Crippen molar-refractivity contribution in [1.82, 2.24) is 19.4 Å². The monoisotopic (exact) mass is 517 g/mol. The first-order chi connectivity index (χ1) is 17.8. The molecule has 37 heavy (non-hydrogen) atoms. The van der Waals surface area contributed by atoms with Crippen LogP contribution in [0.5, 0.6) is 0 Å². The van der Waals surface area contributed by atoms with Crippen molar-refractivity contribution in [3.05, 3.63) is 22.7 Å². The Labute approximate surface area is 217 Å². The highest BCUT2D eigenvalue weighted by Crippen LogP contribution is 2.28. The van der Waals surface area contributed by atoms with Crippen LogP contribution >= 0.6 is 0 Å². The van der Waals surface area contributed by atoms with Gasteiger partial charge in [-0.25, -0.2) is 14.6 Å². The van der Waals surface area contributed by atoms with Gasteiger partial charge < -0.3 is 28.7 Å². The lowest BCUT2D eigenvalue weighted by Gasteiger charge is -2.35. The molecule has 1 amide bonds. The van der Waals surface area contributed by atoms with E-state index in [0.29, 0.717) is 51.3 Å². The number of aromatic nitrogens is 3. The fraction of sp³-hybridized carbons (Fsp3) is 0.731. The maximum absolute atomic E-state index is 12.9. The number of carbonyl (C=O) groups is 1. The molecule has 2 aromatic rings. The molecule has 0 radical (unpaired) electrons. The number of imidazole rings is 1. The fourth-order valence-corrected chi connectivity index (χ4v) is 5.27. The summed E-state index contributed by atoms with van der Waals surface area (Å²) in [6, 6.07) is 2.02. The third-order valence-corrected chi connectivity index (χ3v) is 7.15. The minimum absolute atomic E-state index is 0.0154. The second kappa shape index (κ2) is 11.0. The number of carbonyl (C=O) groups excluding carboxylic acids is 1. The first kappa shape index (κ1) is 26.0. The second-order valence-corrected chi connectivity index (χ2v) is 11.1. The third-order valence-electron chi connectivity index (χ3n) is 7.15. The van der Waals surface area contributed by atoms with Gasteiger partial charge in [0.1, 0.15) is 5.60 Å². The molecule has 1 unspecified atom stereocenters. The van der Waals surface area contributed by atoms with Crippen LogP contribution in [0.15, 0.2) is 17.1 Å². The topological polar surface area (TPSA) is 111 Å². The number of pyridine rings is 1. The minimum atomic E-state index is -0.530. The molecule has 2 aromatic heterocycles. The summed E-state index contributed by atoms with van der Waals surface area (Å²) < 4.78 is 24.9. The van der Waals surface area contributed by atoms with Crippen LogP contribution in [-0.4, -0.2) is 89.5 Å². The summed E-state index contributed by atoms with van der Waals surface area (Å²) >= 11 is 0. The highest BCUT2D eigenvalue weighted by molar-refractivity contribution is 5.75. The van der Waals surface area contributed by atoms with Crippen molar-refractivity contribution in [3.63, 3.8) is 0 Å². The number of ether oxygens (including phenoxy) is 4. The zero-order chi connectivity index (χ0) is 26.0. The van der Waals surface area contributed by atoms with Gasteiger partial charge in [0, 0.05) is 38.8 Å². The van der Waals surface area contributed by atoms with E-state index in [4.69, 9.17) is 18.9 Å². The number of rotatable bonds is 5. The number of likely N-dealkylation sites (tertiary alicyclic amines) is 1. The summed E-state index contributed by atoms with van der Waals surface area (Å²) in [4.78, 5) is 36.8. The summed E-state index contributed by atoms with van der Waals surface area (Å²) in [5.74, 6) is 0. The molecule has 204 valence electrons. The molecule has 3 aliphatic rings. The summed E-state index contributed by atoms with van der Waals surface area (Å²) in [6.07, 6.45) is 5.82. The normalized spacial score (nSPS) is 24.0. The maximum Gasteiger partial charge on any atom is 0.410 e. The molecule has 0 aliphatic carbocycles. The average molecular weight is 518 g/mol. The van der Waals surface area contributed by atoms with Crippen LogP contribution in [0, 0.1) is 0 Å². The standard InChI is InChI=1S/C26H39N5O6/c1-26(2,3)37-25(33)29-9-7-18(8-10-29)31-21-14-19(15-27-23(21)28-24(31)32)30-11-13-34-20(16-30)17-36-22-6-4-5-12-35-22/h14-15,18,20,22H,4-13,16-17H2,1-3H3,(H,27,28,32)/t20-,22?/m0/s1. The predicted molar refractivity (Wildman–Crippen MR) is 138 cm³/mol. The van der Waals surface area contributed by atoms with E-state index >= 15 is 0 Å². The molecule has 1 N–H and O–H groups in total. The molecular weight excluding hydrogens is 478 g/mol. The van der Waals surface area contributed by atoms with Crippen molar-refractivity contribution >= 4 is 22.9 Å². The Morgan fingerprint density at radius 1 is 1.14 bits per heavy atom. The number of anilines is 1. The van der Waals surface area contributed by atoms with Crippen LogP contribution in [0.1, 0.15) is 58.9 Å². The quantitative estimate of drug-likeness (QED) is 0.644. The van der Waals surface area contributed by atoms with Crippen molar-refractivity contribution in [2.24, 2.45) is 0 Å². The smallest absolute Gasteiger partial charge is 0.410 e. The van der Waals surface area contributed by atoms with Crippen molar-refractivity contribution in [2.45, 2.75) is 76.9 Å². The lowest BCUT2D eigenvalue weighted by atomic mass is 10.0. The van der Waals surface area contributed by atoms with Crippen LogP contribution in [-0.2, 0) is 18.9 Å². The number of hydrogen-bond donors (Lipinski definition) is 1. The lowest BCUT2D eigenvalue weighted by Crippen LogP contribution is -2.45. The number of fused-ring (bicyclic) bond motifs is 1. The molecule has 0 spiro atoms. The Bertz CT molecular complexity index is 1130. The second-order valence-electron chi connectivity index (χ2n) is 11.1. The number of hydrogen-bond acceptors (Lipinski definition) is 8. The van der Waals surface area contributed by atoms with Gasteiger partial charge in [-0.1, -0.05) is 0 Å². The number of H-pyrrole nitrogens is 1. The van der Waals surface area contributed by atoms with Crippen molar-refractivity contribution in [3.8, 4) is 0 Å². The van der Waals surface area contributed by atoms with Gasteiger partial charge in [0.05, 0.1) is 36.7 Å². The number of nitrogens with zero attached hydrogens (tertiary/aromatic N) is 4. The van der Waals surface area contributed by atoms with Crippen LogP contribution in [0.4, 0.5) is 10.5 Å². The lowest BCUT2D eigenvalue weighted by molar-refractivity contribution is -0.180. The Hall–Kier alpha value is -2.63.